The summed E-state index contributed by atoms with van der Waals surface area (Å²) in [6.45, 7) is 1.68. The van der Waals surface area contributed by atoms with Crippen molar-refractivity contribution in [1.29, 1.82) is 0 Å². The maximum absolute atomic E-state index is 10.4. The van der Waals surface area contributed by atoms with E-state index in [4.69, 9.17) is 16.5 Å². The molecule has 0 aromatic heterocycles. The van der Waals surface area contributed by atoms with Crippen molar-refractivity contribution in [2.24, 2.45) is 0 Å². The lowest BCUT2D eigenvalue weighted by atomic mass is 10.1. The van der Waals surface area contributed by atoms with E-state index in [9.17, 15) is 4.57 Å². The fraction of sp³-hybridized carbons (Fsp3) is 0.429. The molecule has 0 saturated heterocycles. The van der Waals surface area contributed by atoms with Crippen molar-refractivity contribution >= 4 is 31.6 Å². The van der Waals surface area contributed by atoms with Gasteiger partial charge in [0.15, 0.2) is 0 Å². The van der Waals surface area contributed by atoms with Crippen LogP contribution in [-0.4, -0.2) is 23.8 Å². The third kappa shape index (κ3) is 10.1. The largest absolute Gasteiger partial charge is 0.326 e. The average Bonchev–Trinajstić information content (AvgIpc) is 2.69. The molecule has 28 heavy (non-hydrogen) atoms. The minimum Gasteiger partial charge on any atom is -0.326 e. The molecule has 0 aliphatic carbocycles. The first kappa shape index (κ1) is 23.5. The van der Waals surface area contributed by atoms with Crippen LogP contribution >= 0.6 is 31.6 Å². The zero-order valence-corrected chi connectivity index (χ0v) is 18.6. The Kier molecular flexibility index (Phi) is 11.9. The molecule has 0 fully saturated rings. The standard InChI is InChI=1S/C21H29ClNO3PS/c22-21-16-20(12-11-19(21)17-23-13-7-14-26-27(24)25)28-15-6-2-5-10-18-8-3-1-4-9-18/h1,3-4,8-9,11-12,16,23,27H,2,5-7,10,13-15,17H2,(H,24,25). The number of aryl methyl sites for hydroxylation is 1. The molecule has 0 aliphatic heterocycles. The quantitative estimate of drug-likeness (QED) is 0.223. The number of nitrogens with one attached hydrogen (secondary N) is 1. The molecule has 0 aliphatic rings. The van der Waals surface area contributed by atoms with Gasteiger partial charge in [-0.05, 0) is 61.2 Å². The molecule has 0 amide bonds. The van der Waals surface area contributed by atoms with E-state index >= 15 is 0 Å². The molecular weight excluding hydrogens is 413 g/mol. The summed E-state index contributed by atoms with van der Waals surface area (Å²) in [7, 11) is -2.81. The monoisotopic (exact) mass is 441 g/mol. The molecule has 1 atom stereocenters. The van der Waals surface area contributed by atoms with Gasteiger partial charge in [-0.1, -0.05) is 54.4 Å². The van der Waals surface area contributed by atoms with E-state index in [1.165, 1.54) is 29.7 Å². The maximum Gasteiger partial charge on any atom is 0.316 e. The van der Waals surface area contributed by atoms with Crippen LogP contribution in [0.15, 0.2) is 53.4 Å². The lowest BCUT2D eigenvalue weighted by Gasteiger charge is -2.09. The van der Waals surface area contributed by atoms with Crippen LogP contribution in [0.4, 0.5) is 0 Å². The number of thioether (sulfide) groups is 1. The first-order chi connectivity index (χ1) is 13.6. The SMILES string of the molecule is O=[PH](O)OCCCNCc1ccc(SCCCCCc2ccccc2)cc1Cl. The summed E-state index contributed by atoms with van der Waals surface area (Å²) in [6.07, 6.45) is 5.53. The molecule has 2 aromatic carbocycles. The normalized spacial score (nSPS) is 12.2. The van der Waals surface area contributed by atoms with Crippen LogP contribution in [0.3, 0.4) is 0 Å². The second-order valence-electron chi connectivity index (χ2n) is 6.54. The summed E-state index contributed by atoms with van der Waals surface area (Å²) in [5, 5.41) is 4.05. The first-order valence-electron chi connectivity index (χ1n) is 9.67. The van der Waals surface area contributed by atoms with Crippen LogP contribution in [0.25, 0.3) is 0 Å². The molecule has 154 valence electrons. The van der Waals surface area contributed by atoms with E-state index in [-0.39, 0.29) is 6.61 Å². The second-order valence-corrected chi connectivity index (χ2v) is 8.94. The van der Waals surface area contributed by atoms with E-state index in [2.05, 4.69) is 52.3 Å². The Balaban J connectivity index is 1.57. The molecule has 0 saturated carbocycles. The summed E-state index contributed by atoms with van der Waals surface area (Å²) in [5.74, 6) is 1.11. The maximum atomic E-state index is 10.4. The van der Waals surface area contributed by atoms with Crippen molar-refractivity contribution in [2.45, 2.75) is 43.5 Å². The molecule has 0 radical (unpaired) electrons. The van der Waals surface area contributed by atoms with Crippen molar-refractivity contribution < 1.29 is 14.0 Å². The van der Waals surface area contributed by atoms with Gasteiger partial charge in [0.05, 0.1) is 6.61 Å². The Morgan fingerprint density at radius 3 is 2.64 bits per heavy atom. The van der Waals surface area contributed by atoms with E-state index in [0.717, 1.165) is 22.8 Å². The molecule has 2 rings (SSSR count). The number of hydrogen-bond acceptors (Lipinski definition) is 4. The number of unbranched alkanes of at least 4 members (excludes halogenated alkanes) is 2. The summed E-state index contributed by atoms with van der Waals surface area (Å²) >= 11 is 8.25. The molecule has 4 nitrogen and oxygen atoms in total. The van der Waals surface area contributed by atoms with Gasteiger partial charge in [-0.25, -0.2) is 0 Å². The number of halogens is 1. The minimum absolute atomic E-state index is 0.288. The van der Waals surface area contributed by atoms with Gasteiger partial charge in [-0.15, -0.1) is 11.8 Å². The van der Waals surface area contributed by atoms with Gasteiger partial charge < -0.3 is 14.7 Å². The van der Waals surface area contributed by atoms with Gasteiger partial charge >= 0.3 is 8.25 Å². The highest BCUT2D eigenvalue weighted by molar-refractivity contribution is 7.99. The van der Waals surface area contributed by atoms with Crippen LogP contribution in [-0.2, 0) is 22.1 Å². The Morgan fingerprint density at radius 1 is 1.07 bits per heavy atom. The number of benzene rings is 2. The first-order valence-corrected chi connectivity index (χ1v) is 12.3. The Labute approximate surface area is 178 Å². The Hall–Kier alpha value is -0.810. The molecule has 0 spiro atoms. The fourth-order valence-electron chi connectivity index (χ4n) is 2.78. The third-order valence-electron chi connectivity index (χ3n) is 4.28. The van der Waals surface area contributed by atoms with Crippen LogP contribution in [0, 0.1) is 0 Å². The highest BCUT2D eigenvalue weighted by atomic mass is 35.5. The zero-order valence-electron chi connectivity index (χ0n) is 16.0. The summed E-state index contributed by atoms with van der Waals surface area (Å²) in [6, 6.07) is 16.9. The van der Waals surface area contributed by atoms with Crippen molar-refractivity contribution in [2.75, 3.05) is 18.9 Å². The molecule has 0 heterocycles. The lowest BCUT2D eigenvalue weighted by Crippen LogP contribution is -2.16. The topological polar surface area (TPSA) is 58.6 Å². The number of hydrogen-bond donors (Lipinski definition) is 2. The number of rotatable bonds is 14. The predicted molar refractivity (Wildman–Crippen MR) is 120 cm³/mol. The second kappa shape index (κ2) is 14.2. The van der Waals surface area contributed by atoms with Gasteiger partial charge in [0, 0.05) is 16.5 Å². The van der Waals surface area contributed by atoms with Crippen molar-refractivity contribution in [1.82, 2.24) is 5.32 Å². The minimum atomic E-state index is -2.81. The Bertz CT molecular complexity index is 718. The predicted octanol–water partition coefficient (Wildman–Crippen LogP) is 5.72. The highest BCUT2D eigenvalue weighted by Crippen LogP contribution is 2.26. The molecule has 2 N–H and O–H groups in total. The van der Waals surface area contributed by atoms with E-state index in [1.54, 1.807) is 0 Å². The van der Waals surface area contributed by atoms with Gasteiger partial charge in [0.25, 0.3) is 0 Å². The molecular formula is C21H29ClNO3PS. The summed E-state index contributed by atoms with van der Waals surface area (Å²) in [5.41, 5.74) is 2.48. The van der Waals surface area contributed by atoms with Crippen LogP contribution in [0.5, 0.6) is 0 Å². The van der Waals surface area contributed by atoms with E-state index in [0.29, 0.717) is 19.5 Å². The van der Waals surface area contributed by atoms with Crippen molar-refractivity contribution in [3.8, 4) is 0 Å². The average molecular weight is 442 g/mol. The van der Waals surface area contributed by atoms with Crippen molar-refractivity contribution in [3.63, 3.8) is 0 Å². The van der Waals surface area contributed by atoms with Crippen molar-refractivity contribution in [3.05, 3.63) is 64.7 Å². The molecule has 1 unspecified atom stereocenters. The van der Waals surface area contributed by atoms with Gasteiger partial charge in [0.1, 0.15) is 0 Å². The lowest BCUT2D eigenvalue weighted by molar-refractivity contribution is 0.276. The third-order valence-corrected chi connectivity index (χ3v) is 6.17. The van der Waals surface area contributed by atoms with Gasteiger partial charge in [-0.3, -0.25) is 4.57 Å². The van der Waals surface area contributed by atoms with Gasteiger partial charge in [0.2, 0.25) is 0 Å². The van der Waals surface area contributed by atoms with E-state index < -0.39 is 8.25 Å². The Morgan fingerprint density at radius 2 is 1.89 bits per heavy atom. The van der Waals surface area contributed by atoms with Crippen LogP contribution in [0.1, 0.15) is 36.8 Å². The highest BCUT2D eigenvalue weighted by Gasteiger charge is 2.03. The van der Waals surface area contributed by atoms with Gasteiger partial charge in [-0.2, -0.15) is 0 Å². The molecule has 2 aromatic rings. The van der Waals surface area contributed by atoms with Crippen LogP contribution < -0.4 is 5.32 Å². The smallest absolute Gasteiger partial charge is 0.316 e. The zero-order chi connectivity index (χ0) is 20.0. The van der Waals surface area contributed by atoms with Crippen LogP contribution in [0.2, 0.25) is 5.02 Å². The van der Waals surface area contributed by atoms with E-state index in [1.807, 2.05) is 17.8 Å². The molecule has 7 heteroatoms. The summed E-state index contributed by atoms with van der Waals surface area (Å²) < 4.78 is 15.1. The fourth-order valence-corrected chi connectivity index (χ4v) is 4.36. The summed E-state index contributed by atoms with van der Waals surface area (Å²) in [4.78, 5) is 9.79. The molecule has 0 bridgehead atoms.